The highest BCUT2D eigenvalue weighted by atomic mass is 19.4. The van der Waals surface area contributed by atoms with Crippen LogP contribution in [0.1, 0.15) is 19.3 Å². The van der Waals surface area contributed by atoms with Gasteiger partial charge in [-0.3, -0.25) is 0 Å². The van der Waals surface area contributed by atoms with Gasteiger partial charge >= 0.3 is 12.3 Å². The van der Waals surface area contributed by atoms with Gasteiger partial charge in [-0.1, -0.05) is 6.42 Å². The minimum absolute atomic E-state index is 0.0904. The number of halogens is 3. The lowest BCUT2D eigenvalue weighted by Crippen LogP contribution is -2.09. The summed E-state index contributed by atoms with van der Waals surface area (Å²) in [5.41, 5.74) is 0. The summed E-state index contributed by atoms with van der Waals surface area (Å²) >= 11 is 0. The summed E-state index contributed by atoms with van der Waals surface area (Å²) in [6, 6.07) is 0. The number of alkyl halides is 3. The van der Waals surface area contributed by atoms with Crippen molar-refractivity contribution >= 4 is 6.16 Å². The van der Waals surface area contributed by atoms with Crippen LogP contribution >= 0.6 is 0 Å². The predicted molar refractivity (Wildman–Crippen MR) is 41.2 cm³/mol. The average Bonchev–Trinajstić information content (AvgIpc) is 2.02. The van der Waals surface area contributed by atoms with Gasteiger partial charge in [-0.15, -0.1) is 0 Å². The summed E-state index contributed by atoms with van der Waals surface area (Å²) < 4.78 is 43.1. The fourth-order valence-corrected chi connectivity index (χ4v) is 0.661. The van der Waals surface area contributed by atoms with E-state index in [1.165, 1.54) is 0 Å². The lowest BCUT2D eigenvalue weighted by atomic mass is 10.2. The van der Waals surface area contributed by atoms with Gasteiger partial charge in [0, 0.05) is 6.42 Å². The molecule has 0 aromatic rings. The second kappa shape index (κ2) is 6.13. The van der Waals surface area contributed by atoms with E-state index in [0.29, 0.717) is 0 Å². The number of carbonyl (C=O) groups is 1. The molecule has 0 radical (unpaired) electrons. The van der Waals surface area contributed by atoms with Crippen LogP contribution in [0.5, 0.6) is 0 Å². The average molecular weight is 210 g/mol. The highest BCUT2D eigenvalue weighted by Gasteiger charge is 2.25. The Labute approximate surface area is 79.2 Å². The SMILES string of the molecule is C#COC(=O)OCCCCC(F)(F)F. The van der Waals surface area contributed by atoms with Gasteiger partial charge in [0.25, 0.3) is 0 Å². The van der Waals surface area contributed by atoms with Crippen LogP contribution in [0.2, 0.25) is 0 Å². The standard InChI is InChI=1S/C8H9F3O3/c1-2-13-7(12)14-6-4-3-5-8(9,10)11/h1H,3-6H2. The zero-order valence-corrected chi connectivity index (χ0v) is 7.26. The summed E-state index contributed by atoms with van der Waals surface area (Å²) in [6.07, 6.45) is 0.0814. The van der Waals surface area contributed by atoms with Crippen LogP contribution in [-0.2, 0) is 9.47 Å². The molecule has 0 rings (SSSR count). The van der Waals surface area contributed by atoms with Gasteiger partial charge < -0.3 is 9.47 Å². The molecule has 0 saturated carbocycles. The molecule has 0 aromatic heterocycles. The molecule has 0 aliphatic rings. The Balaban J connectivity index is 3.31. The number of terminal acetylenes is 1. The maximum absolute atomic E-state index is 11.6. The van der Waals surface area contributed by atoms with Crippen LogP contribution < -0.4 is 0 Å². The van der Waals surface area contributed by atoms with E-state index in [9.17, 15) is 18.0 Å². The van der Waals surface area contributed by atoms with Crippen molar-refractivity contribution in [3.63, 3.8) is 0 Å². The van der Waals surface area contributed by atoms with E-state index < -0.39 is 18.8 Å². The Bertz CT molecular complexity index is 217. The largest absolute Gasteiger partial charge is 0.522 e. The maximum Gasteiger partial charge on any atom is 0.522 e. The lowest BCUT2D eigenvalue weighted by molar-refractivity contribution is -0.135. The molecular weight excluding hydrogens is 201 g/mol. The minimum Gasteiger partial charge on any atom is -0.433 e. The van der Waals surface area contributed by atoms with E-state index in [0.717, 1.165) is 0 Å². The van der Waals surface area contributed by atoms with Crippen molar-refractivity contribution in [3.8, 4) is 12.5 Å². The van der Waals surface area contributed by atoms with Crippen molar-refractivity contribution < 1.29 is 27.4 Å². The molecule has 0 spiro atoms. The van der Waals surface area contributed by atoms with Gasteiger partial charge in [-0.05, 0) is 12.8 Å². The van der Waals surface area contributed by atoms with Crippen LogP contribution in [0.15, 0.2) is 0 Å². The normalized spacial score (nSPS) is 10.4. The van der Waals surface area contributed by atoms with Gasteiger partial charge in [-0.25, -0.2) is 4.79 Å². The summed E-state index contributed by atoms with van der Waals surface area (Å²) in [7, 11) is 0. The number of rotatable bonds is 4. The monoisotopic (exact) mass is 210 g/mol. The first-order chi connectivity index (χ1) is 6.45. The lowest BCUT2D eigenvalue weighted by Gasteiger charge is -2.05. The Morgan fingerprint density at radius 3 is 2.50 bits per heavy atom. The van der Waals surface area contributed by atoms with Gasteiger partial charge in [0.2, 0.25) is 0 Å². The Kier molecular flexibility index (Phi) is 5.53. The molecule has 0 saturated heterocycles. The smallest absolute Gasteiger partial charge is 0.433 e. The second-order valence-corrected chi connectivity index (χ2v) is 2.39. The Morgan fingerprint density at radius 1 is 1.36 bits per heavy atom. The van der Waals surface area contributed by atoms with Crippen molar-refractivity contribution in [2.24, 2.45) is 0 Å². The molecule has 6 heteroatoms. The fraction of sp³-hybridized carbons (Fsp3) is 0.625. The van der Waals surface area contributed by atoms with E-state index in [1.807, 2.05) is 0 Å². The van der Waals surface area contributed by atoms with Crippen molar-refractivity contribution in [2.75, 3.05) is 6.61 Å². The molecule has 0 aliphatic heterocycles. The topological polar surface area (TPSA) is 35.5 Å². The third-order valence-electron chi connectivity index (χ3n) is 1.22. The van der Waals surface area contributed by atoms with Crippen LogP contribution in [0.3, 0.4) is 0 Å². The quantitative estimate of drug-likeness (QED) is 0.406. The van der Waals surface area contributed by atoms with Crippen molar-refractivity contribution in [3.05, 3.63) is 0 Å². The van der Waals surface area contributed by atoms with Crippen molar-refractivity contribution in [1.82, 2.24) is 0 Å². The van der Waals surface area contributed by atoms with Gasteiger partial charge in [0.1, 0.15) is 6.11 Å². The van der Waals surface area contributed by atoms with Crippen molar-refractivity contribution in [2.45, 2.75) is 25.4 Å². The highest BCUT2D eigenvalue weighted by molar-refractivity contribution is 5.61. The van der Waals surface area contributed by atoms with Crippen LogP contribution in [0.4, 0.5) is 18.0 Å². The van der Waals surface area contributed by atoms with E-state index in [1.54, 1.807) is 6.11 Å². The first-order valence-corrected chi connectivity index (χ1v) is 3.81. The summed E-state index contributed by atoms with van der Waals surface area (Å²) in [6.45, 7) is -0.128. The first-order valence-electron chi connectivity index (χ1n) is 3.81. The van der Waals surface area contributed by atoms with Crippen LogP contribution in [0.25, 0.3) is 0 Å². The molecule has 0 aliphatic carbocycles. The zero-order valence-electron chi connectivity index (χ0n) is 7.26. The Hall–Kier alpha value is -1.38. The molecule has 0 heterocycles. The number of hydrogen-bond acceptors (Lipinski definition) is 3. The minimum atomic E-state index is -4.17. The van der Waals surface area contributed by atoms with Crippen LogP contribution in [0, 0.1) is 12.5 Å². The molecular formula is C8H9F3O3. The molecule has 0 unspecified atom stereocenters. The Morgan fingerprint density at radius 2 is 2.00 bits per heavy atom. The highest BCUT2D eigenvalue weighted by Crippen LogP contribution is 2.21. The molecule has 3 nitrogen and oxygen atoms in total. The number of unbranched alkanes of at least 4 members (excludes halogenated alkanes) is 1. The summed E-state index contributed by atoms with van der Waals surface area (Å²) in [5, 5.41) is 0. The van der Waals surface area contributed by atoms with Gasteiger partial charge in [0.05, 0.1) is 6.61 Å². The van der Waals surface area contributed by atoms with Crippen molar-refractivity contribution in [1.29, 1.82) is 0 Å². The van der Waals surface area contributed by atoms with Gasteiger partial charge in [0.15, 0.2) is 0 Å². The van der Waals surface area contributed by atoms with Gasteiger partial charge in [-0.2, -0.15) is 13.2 Å². The molecule has 0 atom stereocenters. The third kappa shape index (κ3) is 8.71. The summed E-state index contributed by atoms with van der Waals surface area (Å²) in [4.78, 5) is 10.4. The van der Waals surface area contributed by atoms with E-state index in [-0.39, 0.29) is 19.4 Å². The summed E-state index contributed by atoms with van der Waals surface area (Å²) in [5.74, 6) is 0. The molecule has 0 fully saturated rings. The number of hydrogen-bond donors (Lipinski definition) is 0. The van der Waals surface area contributed by atoms with E-state index in [4.69, 9.17) is 0 Å². The van der Waals surface area contributed by atoms with E-state index in [2.05, 4.69) is 15.9 Å². The molecule has 0 aromatic carbocycles. The molecule has 0 amide bonds. The molecule has 0 bridgehead atoms. The predicted octanol–water partition coefficient (Wildman–Crippen LogP) is 2.46. The van der Waals surface area contributed by atoms with E-state index >= 15 is 0 Å². The third-order valence-corrected chi connectivity index (χ3v) is 1.22. The zero-order chi connectivity index (χ0) is 11.0. The molecule has 80 valence electrons. The maximum atomic E-state index is 11.6. The van der Waals surface area contributed by atoms with Crippen LogP contribution in [-0.4, -0.2) is 18.9 Å². The number of carbonyl (C=O) groups excluding carboxylic acids is 1. The fourth-order valence-electron chi connectivity index (χ4n) is 0.661. The first kappa shape index (κ1) is 12.6. The second-order valence-electron chi connectivity index (χ2n) is 2.39. The molecule has 0 N–H and O–H groups in total. The number of ether oxygens (including phenoxy) is 2. The molecule has 14 heavy (non-hydrogen) atoms.